The molecule has 3 aromatic heterocycles. The zero-order valence-electron chi connectivity index (χ0n) is 22.1. The lowest BCUT2D eigenvalue weighted by Gasteiger charge is -2.25. The number of rotatable bonds is 7. The van der Waals surface area contributed by atoms with Crippen molar-refractivity contribution in [2.24, 2.45) is 0 Å². The minimum atomic E-state index is 0.422. The molecule has 0 bridgehead atoms. The quantitative estimate of drug-likeness (QED) is 0.178. The van der Waals surface area contributed by atoms with Gasteiger partial charge in [-0.15, -0.1) is 0 Å². The van der Waals surface area contributed by atoms with Crippen molar-refractivity contribution in [3.63, 3.8) is 0 Å². The van der Waals surface area contributed by atoms with Gasteiger partial charge in [0.1, 0.15) is 23.2 Å². The van der Waals surface area contributed by atoms with E-state index in [4.69, 9.17) is 9.15 Å². The number of oxazole rings is 1. The van der Waals surface area contributed by atoms with Crippen LogP contribution in [0.3, 0.4) is 0 Å². The number of fused-ring (bicyclic) bond motifs is 2. The average molecular weight is 532 g/mol. The number of H-pyrrole nitrogens is 1. The standard InChI is InChI=1S/C31H29N7O2/c1-19-15-22(35-21-11-13-32-14-12-21)7-9-24(19)26-17-25-29(37-26)33-18-34-30(25)39-23-8-10-28-27(16-23)38-31(40-28)36-20-5-3-2-4-6-20/h2-10,15-18,21,32,35H,11-14H2,1H3,(H,36,38)(H,33,34,37). The van der Waals surface area contributed by atoms with Gasteiger partial charge in [0.05, 0.1) is 5.39 Å². The van der Waals surface area contributed by atoms with E-state index in [1.807, 2.05) is 54.6 Å². The van der Waals surface area contributed by atoms with E-state index in [-0.39, 0.29) is 0 Å². The second-order valence-corrected chi connectivity index (χ2v) is 10.1. The van der Waals surface area contributed by atoms with Crippen molar-refractivity contribution in [1.29, 1.82) is 0 Å². The van der Waals surface area contributed by atoms with Crippen LogP contribution in [0.5, 0.6) is 11.6 Å². The number of anilines is 3. The van der Waals surface area contributed by atoms with E-state index in [9.17, 15) is 0 Å². The second-order valence-electron chi connectivity index (χ2n) is 10.1. The van der Waals surface area contributed by atoms with Crippen molar-refractivity contribution in [2.45, 2.75) is 25.8 Å². The summed E-state index contributed by atoms with van der Waals surface area (Å²) in [4.78, 5) is 16.9. The highest BCUT2D eigenvalue weighted by Crippen LogP contribution is 2.34. The molecule has 1 saturated heterocycles. The summed E-state index contributed by atoms with van der Waals surface area (Å²) in [5.41, 5.74) is 7.38. The Hall–Kier alpha value is -4.89. The van der Waals surface area contributed by atoms with Gasteiger partial charge in [0, 0.05) is 34.7 Å². The van der Waals surface area contributed by atoms with E-state index >= 15 is 0 Å². The third-order valence-electron chi connectivity index (χ3n) is 7.21. The Balaban J connectivity index is 1.12. The number of nitrogens with zero attached hydrogens (tertiary/aromatic N) is 3. The van der Waals surface area contributed by atoms with Crippen LogP contribution < -0.4 is 20.7 Å². The van der Waals surface area contributed by atoms with Crippen LogP contribution in [-0.4, -0.2) is 39.1 Å². The van der Waals surface area contributed by atoms with E-state index in [0.29, 0.717) is 40.4 Å². The van der Waals surface area contributed by atoms with Crippen molar-refractivity contribution >= 4 is 39.5 Å². The molecule has 4 N–H and O–H groups in total. The third-order valence-corrected chi connectivity index (χ3v) is 7.21. The SMILES string of the molecule is Cc1cc(NC2CCNCC2)ccc1-c1cc2c(Oc3ccc4oc(Nc5ccccc5)nc4c3)ncnc2[nH]1. The molecule has 3 aromatic carbocycles. The summed E-state index contributed by atoms with van der Waals surface area (Å²) < 4.78 is 12.1. The minimum absolute atomic E-state index is 0.422. The summed E-state index contributed by atoms with van der Waals surface area (Å²) in [6, 6.07) is 24.8. The van der Waals surface area contributed by atoms with Crippen LogP contribution in [-0.2, 0) is 0 Å². The molecule has 0 unspecified atom stereocenters. The highest BCUT2D eigenvalue weighted by atomic mass is 16.5. The number of ether oxygens (including phenoxy) is 1. The monoisotopic (exact) mass is 531 g/mol. The van der Waals surface area contributed by atoms with E-state index in [1.165, 1.54) is 11.9 Å². The maximum absolute atomic E-state index is 6.22. The largest absolute Gasteiger partial charge is 0.438 e. The van der Waals surface area contributed by atoms with Gasteiger partial charge in [-0.3, -0.25) is 0 Å². The van der Waals surface area contributed by atoms with Gasteiger partial charge in [-0.1, -0.05) is 24.3 Å². The molecule has 1 aliphatic heterocycles. The molecule has 4 heterocycles. The Bertz CT molecular complexity index is 1790. The van der Waals surface area contributed by atoms with E-state index in [1.54, 1.807) is 0 Å². The van der Waals surface area contributed by atoms with Crippen LogP contribution in [0.25, 0.3) is 33.4 Å². The predicted molar refractivity (Wildman–Crippen MR) is 157 cm³/mol. The maximum atomic E-state index is 6.22. The molecule has 1 aliphatic rings. The van der Waals surface area contributed by atoms with Gasteiger partial charge in [-0.25, -0.2) is 9.97 Å². The van der Waals surface area contributed by atoms with Gasteiger partial charge < -0.3 is 30.1 Å². The Morgan fingerprint density at radius 3 is 2.65 bits per heavy atom. The number of hydrogen-bond donors (Lipinski definition) is 4. The van der Waals surface area contributed by atoms with Gasteiger partial charge >= 0.3 is 0 Å². The molecule has 9 nitrogen and oxygen atoms in total. The van der Waals surface area contributed by atoms with E-state index < -0.39 is 0 Å². The number of nitrogens with one attached hydrogen (secondary N) is 4. The Morgan fingerprint density at radius 2 is 1.80 bits per heavy atom. The molecular weight excluding hydrogens is 502 g/mol. The van der Waals surface area contributed by atoms with Gasteiger partial charge in [0.15, 0.2) is 5.58 Å². The normalized spacial score (nSPS) is 14.0. The van der Waals surface area contributed by atoms with Crippen molar-refractivity contribution in [3.8, 4) is 22.9 Å². The molecular formula is C31H29N7O2. The van der Waals surface area contributed by atoms with Gasteiger partial charge in [0.2, 0.25) is 5.88 Å². The Morgan fingerprint density at radius 1 is 0.925 bits per heavy atom. The van der Waals surface area contributed by atoms with E-state index in [2.05, 4.69) is 61.0 Å². The fourth-order valence-corrected chi connectivity index (χ4v) is 5.18. The lowest BCUT2D eigenvalue weighted by molar-refractivity contribution is 0.468. The molecule has 0 amide bonds. The zero-order chi connectivity index (χ0) is 26.9. The highest BCUT2D eigenvalue weighted by Gasteiger charge is 2.16. The first-order chi connectivity index (χ1) is 19.7. The molecule has 0 aliphatic carbocycles. The summed E-state index contributed by atoms with van der Waals surface area (Å²) in [6.45, 7) is 4.26. The average Bonchev–Trinajstić information content (AvgIpc) is 3.58. The molecule has 1 fully saturated rings. The van der Waals surface area contributed by atoms with Crippen molar-refractivity contribution in [2.75, 3.05) is 23.7 Å². The summed E-state index contributed by atoms with van der Waals surface area (Å²) in [5, 5.41) is 11.1. The lowest BCUT2D eigenvalue weighted by atomic mass is 10.0. The topological polar surface area (TPSA) is 113 Å². The van der Waals surface area contributed by atoms with Crippen molar-refractivity contribution in [1.82, 2.24) is 25.3 Å². The molecule has 0 saturated carbocycles. The molecule has 0 atom stereocenters. The highest BCUT2D eigenvalue weighted by molar-refractivity contribution is 5.88. The molecule has 200 valence electrons. The molecule has 0 radical (unpaired) electrons. The molecule has 0 spiro atoms. The van der Waals surface area contributed by atoms with Crippen molar-refractivity contribution < 1.29 is 9.15 Å². The Kier molecular flexibility index (Phi) is 6.25. The van der Waals surface area contributed by atoms with Gasteiger partial charge in [0.25, 0.3) is 6.01 Å². The third kappa shape index (κ3) is 4.94. The first-order valence-corrected chi connectivity index (χ1v) is 13.5. The number of hydrogen-bond acceptors (Lipinski definition) is 8. The van der Waals surface area contributed by atoms with Gasteiger partial charge in [-0.05, 0) is 80.9 Å². The summed E-state index contributed by atoms with van der Waals surface area (Å²) in [7, 11) is 0. The summed E-state index contributed by atoms with van der Waals surface area (Å²) in [6.07, 6.45) is 3.78. The maximum Gasteiger partial charge on any atom is 0.300 e. The lowest BCUT2D eigenvalue weighted by Crippen LogP contribution is -2.35. The molecule has 6 aromatic rings. The number of aromatic nitrogens is 4. The number of aryl methyl sites for hydroxylation is 1. The predicted octanol–water partition coefficient (Wildman–Crippen LogP) is 6.77. The Labute approximate surface area is 231 Å². The van der Waals surface area contributed by atoms with Crippen molar-refractivity contribution in [3.05, 3.63) is 84.7 Å². The van der Waals surface area contributed by atoms with Crippen LogP contribution in [0.15, 0.2) is 83.5 Å². The number of piperidine rings is 1. The number of benzene rings is 3. The van der Waals surface area contributed by atoms with Gasteiger partial charge in [-0.2, -0.15) is 4.98 Å². The smallest absolute Gasteiger partial charge is 0.300 e. The summed E-state index contributed by atoms with van der Waals surface area (Å²) >= 11 is 0. The van der Waals surface area contributed by atoms with Crippen LogP contribution >= 0.6 is 0 Å². The fourth-order valence-electron chi connectivity index (χ4n) is 5.18. The molecule has 7 rings (SSSR count). The minimum Gasteiger partial charge on any atom is -0.438 e. The molecule has 9 heteroatoms. The van der Waals surface area contributed by atoms with Crippen LogP contribution in [0.2, 0.25) is 0 Å². The first-order valence-electron chi connectivity index (χ1n) is 13.5. The first kappa shape index (κ1) is 24.2. The fraction of sp³-hybridized carbons (Fsp3) is 0.194. The van der Waals surface area contributed by atoms with Crippen LogP contribution in [0.4, 0.5) is 17.4 Å². The summed E-state index contributed by atoms with van der Waals surface area (Å²) in [5.74, 6) is 1.08. The van der Waals surface area contributed by atoms with Crippen LogP contribution in [0, 0.1) is 6.92 Å². The van der Waals surface area contributed by atoms with E-state index in [0.717, 1.165) is 53.9 Å². The second kappa shape index (κ2) is 10.3. The zero-order valence-corrected chi connectivity index (χ0v) is 22.1. The number of aromatic amines is 1. The molecule has 40 heavy (non-hydrogen) atoms. The van der Waals surface area contributed by atoms with Crippen LogP contribution in [0.1, 0.15) is 18.4 Å². The number of para-hydroxylation sites is 1.